The highest BCUT2D eigenvalue weighted by atomic mass is 35.5. The van der Waals surface area contributed by atoms with Crippen molar-refractivity contribution in [2.24, 2.45) is 0 Å². The highest BCUT2D eigenvalue weighted by Crippen LogP contribution is 2.28. The zero-order valence-electron chi connectivity index (χ0n) is 8.62. The predicted octanol–water partition coefficient (Wildman–Crippen LogP) is 3.10. The summed E-state index contributed by atoms with van der Waals surface area (Å²) in [6.45, 7) is 3.25. The van der Waals surface area contributed by atoms with Gasteiger partial charge in [-0.2, -0.15) is 0 Å². The smallest absolute Gasteiger partial charge is 0.0322 e. The van der Waals surface area contributed by atoms with E-state index in [2.05, 4.69) is 36.5 Å². The maximum atomic E-state index is 3.54. The first-order valence-corrected chi connectivity index (χ1v) is 5.23. The Balaban J connectivity index is 0.000000980. The third-order valence-corrected chi connectivity index (χ3v) is 2.82. The molecule has 0 radical (unpaired) electrons. The van der Waals surface area contributed by atoms with E-state index in [1.54, 1.807) is 5.56 Å². The number of hydrogen-bond donors (Lipinski definition) is 1. The fourth-order valence-electron chi connectivity index (χ4n) is 2.21. The SMILES string of the molecule is CCNC1CCCc2ccccc21.Cl. The number of aryl methyl sites for hydroxylation is 1. The van der Waals surface area contributed by atoms with Crippen molar-refractivity contribution in [3.8, 4) is 0 Å². The van der Waals surface area contributed by atoms with Crippen LogP contribution in [-0.2, 0) is 6.42 Å². The third-order valence-electron chi connectivity index (χ3n) is 2.82. The summed E-state index contributed by atoms with van der Waals surface area (Å²) in [5.74, 6) is 0. The van der Waals surface area contributed by atoms with Gasteiger partial charge >= 0.3 is 0 Å². The first-order chi connectivity index (χ1) is 6.42. The van der Waals surface area contributed by atoms with Crippen molar-refractivity contribution in [3.05, 3.63) is 35.4 Å². The van der Waals surface area contributed by atoms with Crippen molar-refractivity contribution in [3.63, 3.8) is 0 Å². The van der Waals surface area contributed by atoms with E-state index in [0.29, 0.717) is 6.04 Å². The Morgan fingerprint density at radius 1 is 1.36 bits per heavy atom. The molecule has 1 aromatic rings. The number of nitrogens with one attached hydrogen (secondary N) is 1. The van der Waals surface area contributed by atoms with E-state index in [-0.39, 0.29) is 12.4 Å². The van der Waals surface area contributed by atoms with Gasteiger partial charge in [0.05, 0.1) is 0 Å². The lowest BCUT2D eigenvalue weighted by Crippen LogP contribution is -2.24. The molecule has 0 spiro atoms. The Morgan fingerprint density at radius 3 is 2.93 bits per heavy atom. The molecular weight excluding hydrogens is 194 g/mol. The molecule has 0 fully saturated rings. The predicted molar refractivity (Wildman–Crippen MR) is 63.0 cm³/mol. The number of benzene rings is 1. The number of hydrogen-bond acceptors (Lipinski definition) is 1. The summed E-state index contributed by atoms with van der Waals surface area (Å²) in [5, 5.41) is 3.54. The maximum Gasteiger partial charge on any atom is 0.0322 e. The lowest BCUT2D eigenvalue weighted by Gasteiger charge is -2.25. The van der Waals surface area contributed by atoms with Gasteiger partial charge in [0.2, 0.25) is 0 Å². The van der Waals surface area contributed by atoms with Gasteiger partial charge < -0.3 is 5.32 Å². The second kappa shape index (κ2) is 5.38. The van der Waals surface area contributed by atoms with Gasteiger partial charge in [0, 0.05) is 6.04 Å². The third kappa shape index (κ3) is 2.28. The molecule has 0 saturated carbocycles. The van der Waals surface area contributed by atoms with Crippen LogP contribution >= 0.6 is 12.4 Å². The van der Waals surface area contributed by atoms with Crippen LogP contribution in [0.4, 0.5) is 0 Å². The fraction of sp³-hybridized carbons (Fsp3) is 0.500. The lowest BCUT2D eigenvalue weighted by molar-refractivity contribution is 0.472. The lowest BCUT2D eigenvalue weighted by atomic mass is 9.88. The minimum Gasteiger partial charge on any atom is -0.310 e. The van der Waals surface area contributed by atoms with Crippen LogP contribution in [-0.4, -0.2) is 6.54 Å². The summed E-state index contributed by atoms with van der Waals surface area (Å²) >= 11 is 0. The Bertz CT molecular complexity index is 285. The van der Waals surface area contributed by atoms with Gasteiger partial charge in [-0.25, -0.2) is 0 Å². The molecule has 1 atom stereocenters. The standard InChI is InChI=1S/C12H17N.ClH/c1-2-13-12-9-5-7-10-6-3-4-8-11(10)12;/h3-4,6,8,12-13H,2,5,7,9H2,1H3;1H. The number of rotatable bonds is 2. The van der Waals surface area contributed by atoms with Gasteiger partial charge in [-0.05, 0) is 36.9 Å². The quantitative estimate of drug-likeness (QED) is 0.793. The number of halogens is 1. The molecule has 0 bridgehead atoms. The van der Waals surface area contributed by atoms with E-state index in [4.69, 9.17) is 0 Å². The molecule has 1 unspecified atom stereocenters. The Hall–Kier alpha value is -0.530. The van der Waals surface area contributed by atoms with E-state index in [9.17, 15) is 0 Å². The topological polar surface area (TPSA) is 12.0 Å². The van der Waals surface area contributed by atoms with Crippen molar-refractivity contribution in [1.29, 1.82) is 0 Å². The Labute approximate surface area is 92.3 Å². The van der Waals surface area contributed by atoms with Crippen molar-refractivity contribution in [1.82, 2.24) is 5.32 Å². The van der Waals surface area contributed by atoms with Gasteiger partial charge in [0.25, 0.3) is 0 Å². The molecule has 1 aromatic carbocycles. The van der Waals surface area contributed by atoms with Gasteiger partial charge in [-0.15, -0.1) is 12.4 Å². The summed E-state index contributed by atoms with van der Waals surface area (Å²) in [6.07, 6.45) is 3.89. The van der Waals surface area contributed by atoms with Crippen LogP contribution in [0.3, 0.4) is 0 Å². The second-order valence-electron chi connectivity index (χ2n) is 3.70. The normalized spacial score (nSPS) is 19.6. The molecule has 1 N–H and O–H groups in total. The molecule has 1 nitrogen and oxygen atoms in total. The van der Waals surface area contributed by atoms with Crippen molar-refractivity contribution in [2.75, 3.05) is 6.54 Å². The molecule has 14 heavy (non-hydrogen) atoms. The van der Waals surface area contributed by atoms with Gasteiger partial charge in [-0.1, -0.05) is 31.2 Å². The van der Waals surface area contributed by atoms with Crippen molar-refractivity contribution < 1.29 is 0 Å². The van der Waals surface area contributed by atoms with E-state index in [0.717, 1.165) is 6.54 Å². The van der Waals surface area contributed by atoms with E-state index in [1.165, 1.54) is 24.8 Å². The Morgan fingerprint density at radius 2 is 2.14 bits per heavy atom. The van der Waals surface area contributed by atoms with Crippen LogP contribution in [0.2, 0.25) is 0 Å². The molecule has 0 heterocycles. The van der Waals surface area contributed by atoms with Gasteiger partial charge in [0.15, 0.2) is 0 Å². The molecule has 1 aliphatic rings. The number of fused-ring (bicyclic) bond motifs is 1. The maximum absolute atomic E-state index is 3.54. The minimum atomic E-state index is 0. The largest absolute Gasteiger partial charge is 0.310 e. The average molecular weight is 212 g/mol. The molecule has 0 saturated heterocycles. The molecular formula is C12H18ClN. The highest BCUT2D eigenvalue weighted by molar-refractivity contribution is 5.85. The summed E-state index contributed by atoms with van der Waals surface area (Å²) < 4.78 is 0. The van der Waals surface area contributed by atoms with Crippen molar-refractivity contribution in [2.45, 2.75) is 32.2 Å². The van der Waals surface area contributed by atoms with Crippen LogP contribution in [0.15, 0.2) is 24.3 Å². The highest BCUT2D eigenvalue weighted by Gasteiger charge is 2.17. The molecule has 1 aliphatic carbocycles. The van der Waals surface area contributed by atoms with Gasteiger partial charge in [-0.3, -0.25) is 0 Å². The van der Waals surface area contributed by atoms with Crippen LogP contribution < -0.4 is 5.32 Å². The van der Waals surface area contributed by atoms with Crippen LogP contribution in [0, 0.1) is 0 Å². The van der Waals surface area contributed by atoms with E-state index < -0.39 is 0 Å². The molecule has 2 heteroatoms. The van der Waals surface area contributed by atoms with E-state index in [1.807, 2.05) is 0 Å². The summed E-state index contributed by atoms with van der Waals surface area (Å²) in [5.41, 5.74) is 3.07. The summed E-state index contributed by atoms with van der Waals surface area (Å²) in [4.78, 5) is 0. The van der Waals surface area contributed by atoms with Crippen LogP contribution in [0.25, 0.3) is 0 Å². The first-order valence-electron chi connectivity index (χ1n) is 5.23. The summed E-state index contributed by atoms with van der Waals surface area (Å²) in [7, 11) is 0. The van der Waals surface area contributed by atoms with Crippen molar-refractivity contribution >= 4 is 12.4 Å². The zero-order chi connectivity index (χ0) is 9.10. The fourth-order valence-corrected chi connectivity index (χ4v) is 2.21. The first kappa shape index (κ1) is 11.5. The van der Waals surface area contributed by atoms with Gasteiger partial charge in [0.1, 0.15) is 0 Å². The molecule has 0 aliphatic heterocycles. The molecule has 0 amide bonds. The monoisotopic (exact) mass is 211 g/mol. The van der Waals surface area contributed by atoms with E-state index >= 15 is 0 Å². The molecule has 0 aromatic heterocycles. The zero-order valence-corrected chi connectivity index (χ0v) is 9.44. The molecule has 78 valence electrons. The summed E-state index contributed by atoms with van der Waals surface area (Å²) in [6, 6.07) is 9.43. The second-order valence-corrected chi connectivity index (χ2v) is 3.70. The minimum absolute atomic E-state index is 0. The average Bonchev–Trinajstić information content (AvgIpc) is 2.19. The van der Waals surface area contributed by atoms with Crippen LogP contribution in [0.1, 0.15) is 36.9 Å². The van der Waals surface area contributed by atoms with Crippen LogP contribution in [0.5, 0.6) is 0 Å². The Kier molecular flexibility index (Phi) is 4.43. The molecule has 2 rings (SSSR count).